The zero-order chi connectivity index (χ0) is 15.0. The van der Waals surface area contributed by atoms with Crippen LogP contribution in [0.1, 0.15) is 56.5 Å². The van der Waals surface area contributed by atoms with Crippen molar-refractivity contribution in [1.29, 1.82) is 0 Å². The molecule has 0 aliphatic heterocycles. The molecule has 6 heteroatoms. The maximum absolute atomic E-state index is 6.21. The number of nitrogen functional groups attached to an aromatic ring is 2. The van der Waals surface area contributed by atoms with Gasteiger partial charge in [0.05, 0.1) is 5.69 Å². The molecule has 1 aliphatic rings. The molecule has 0 saturated heterocycles. The van der Waals surface area contributed by atoms with E-state index in [2.05, 4.69) is 12.0 Å². The van der Waals surface area contributed by atoms with Gasteiger partial charge in [0.2, 0.25) is 0 Å². The van der Waals surface area contributed by atoms with Crippen molar-refractivity contribution < 1.29 is 0 Å². The summed E-state index contributed by atoms with van der Waals surface area (Å²) < 4.78 is 3.39. The van der Waals surface area contributed by atoms with Gasteiger partial charge in [0.25, 0.3) is 0 Å². The van der Waals surface area contributed by atoms with Crippen molar-refractivity contribution in [2.24, 2.45) is 7.05 Å². The first-order valence-electron chi connectivity index (χ1n) is 7.77. The lowest BCUT2D eigenvalue weighted by Crippen LogP contribution is -2.19. The summed E-state index contributed by atoms with van der Waals surface area (Å²) in [6.45, 7) is 2.09. The molecule has 0 aromatic carbocycles. The Morgan fingerprint density at radius 3 is 2.67 bits per heavy atom. The van der Waals surface area contributed by atoms with Gasteiger partial charge in [0.1, 0.15) is 11.5 Å². The number of hydrogen-bond acceptors (Lipinski definition) is 4. The van der Waals surface area contributed by atoms with Crippen molar-refractivity contribution in [3.8, 4) is 11.3 Å². The second-order valence-corrected chi connectivity index (χ2v) is 5.93. The van der Waals surface area contributed by atoms with Crippen LogP contribution < -0.4 is 11.6 Å². The van der Waals surface area contributed by atoms with Crippen LogP contribution in [0, 0.1) is 0 Å². The predicted molar refractivity (Wildman–Crippen MR) is 84.2 cm³/mol. The molecule has 1 fully saturated rings. The minimum atomic E-state index is 0.432. The highest BCUT2D eigenvalue weighted by molar-refractivity contribution is 5.72. The van der Waals surface area contributed by atoms with Crippen molar-refractivity contribution in [3.05, 3.63) is 17.7 Å². The Kier molecular flexibility index (Phi) is 3.61. The van der Waals surface area contributed by atoms with E-state index in [4.69, 9.17) is 16.6 Å². The number of rotatable bonds is 3. The molecule has 0 bridgehead atoms. The largest absolute Gasteiger partial charge is 0.382 e. The van der Waals surface area contributed by atoms with Crippen LogP contribution in [0.2, 0.25) is 0 Å². The molecule has 1 saturated carbocycles. The lowest BCUT2D eigenvalue weighted by atomic mass is 9.89. The number of anilines is 1. The van der Waals surface area contributed by atoms with Gasteiger partial charge in [-0.05, 0) is 19.3 Å². The fourth-order valence-corrected chi connectivity index (χ4v) is 3.30. The van der Waals surface area contributed by atoms with Crippen molar-refractivity contribution in [3.63, 3.8) is 0 Å². The third-order valence-corrected chi connectivity index (χ3v) is 4.44. The van der Waals surface area contributed by atoms with Gasteiger partial charge in [-0.15, -0.1) is 0 Å². The van der Waals surface area contributed by atoms with Crippen molar-refractivity contribution in [2.75, 3.05) is 11.6 Å². The quantitative estimate of drug-likeness (QED) is 0.847. The first kappa shape index (κ1) is 14.0. The number of nitrogens with two attached hydrogens (primary N) is 2. The highest BCUT2D eigenvalue weighted by atomic mass is 15.4. The minimum Gasteiger partial charge on any atom is -0.382 e. The Hall–Kier alpha value is -1.98. The molecule has 21 heavy (non-hydrogen) atoms. The van der Waals surface area contributed by atoms with Crippen LogP contribution >= 0.6 is 0 Å². The van der Waals surface area contributed by atoms with Crippen LogP contribution in [-0.4, -0.2) is 19.4 Å². The summed E-state index contributed by atoms with van der Waals surface area (Å²) in [6, 6.07) is 0. The summed E-state index contributed by atoms with van der Waals surface area (Å²) in [5.41, 5.74) is 9.00. The lowest BCUT2D eigenvalue weighted by molar-refractivity contribution is 0.424. The summed E-state index contributed by atoms with van der Waals surface area (Å²) in [5.74, 6) is 8.07. The van der Waals surface area contributed by atoms with E-state index in [0.29, 0.717) is 11.7 Å². The van der Waals surface area contributed by atoms with E-state index in [1.165, 1.54) is 19.3 Å². The maximum Gasteiger partial charge on any atom is 0.150 e. The maximum atomic E-state index is 6.21. The van der Waals surface area contributed by atoms with Crippen molar-refractivity contribution in [1.82, 2.24) is 19.4 Å². The third-order valence-electron chi connectivity index (χ3n) is 4.44. The summed E-state index contributed by atoms with van der Waals surface area (Å²) in [7, 11) is 1.92. The number of nitrogens with zero attached hydrogens (tertiary/aromatic N) is 4. The highest BCUT2D eigenvalue weighted by Gasteiger charge is 2.25. The summed E-state index contributed by atoms with van der Waals surface area (Å²) in [4.78, 5) is 4.78. The molecule has 2 aromatic rings. The van der Waals surface area contributed by atoms with Gasteiger partial charge in [-0.2, -0.15) is 5.10 Å². The number of aryl methyl sites for hydroxylation is 2. The molecular weight excluding hydrogens is 264 g/mol. The van der Waals surface area contributed by atoms with Gasteiger partial charge in [-0.1, -0.05) is 26.2 Å². The molecule has 0 atom stereocenters. The molecule has 0 amide bonds. The highest BCUT2D eigenvalue weighted by Crippen LogP contribution is 2.36. The fraction of sp³-hybridized carbons (Fsp3) is 0.600. The second-order valence-electron chi connectivity index (χ2n) is 5.93. The fourth-order valence-electron chi connectivity index (χ4n) is 3.30. The van der Waals surface area contributed by atoms with Gasteiger partial charge in [0.15, 0.2) is 5.82 Å². The van der Waals surface area contributed by atoms with E-state index >= 15 is 0 Å². The number of imidazole rings is 1. The smallest absolute Gasteiger partial charge is 0.150 e. The standard InChI is InChI=1S/C15H24N6/c1-3-12-11(9-20(2)19-12)13-14(16)21(17)15(18-13)10-7-5-4-6-8-10/h9-10H,3-8,16-17H2,1-2H3. The van der Waals surface area contributed by atoms with E-state index < -0.39 is 0 Å². The van der Waals surface area contributed by atoms with E-state index in [0.717, 1.165) is 42.0 Å². The Morgan fingerprint density at radius 1 is 1.29 bits per heavy atom. The Balaban J connectivity index is 2.03. The van der Waals surface area contributed by atoms with Crippen molar-refractivity contribution in [2.45, 2.75) is 51.4 Å². The summed E-state index contributed by atoms with van der Waals surface area (Å²) >= 11 is 0. The summed E-state index contributed by atoms with van der Waals surface area (Å²) in [6.07, 6.45) is 8.95. The summed E-state index contributed by atoms with van der Waals surface area (Å²) in [5, 5.41) is 4.47. The number of aromatic nitrogens is 4. The normalized spacial score (nSPS) is 16.5. The topological polar surface area (TPSA) is 87.7 Å². The monoisotopic (exact) mass is 288 g/mol. The molecular formula is C15H24N6. The van der Waals surface area contributed by atoms with Crippen LogP contribution in [0.25, 0.3) is 11.3 Å². The Labute approximate surface area is 125 Å². The van der Waals surface area contributed by atoms with Gasteiger partial charge < -0.3 is 11.6 Å². The SMILES string of the molecule is CCc1nn(C)cc1-c1nc(C2CCCCC2)n(N)c1N. The van der Waals surface area contributed by atoms with Gasteiger partial charge in [-0.3, -0.25) is 4.68 Å². The van der Waals surface area contributed by atoms with Crippen LogP contribution in [0.15, 0.2) is 6.20 Å². The average Bonchev–Trinajstić information content (AvgIpc) is 3.01. The van der Waals surface area contributed by atoms with Crippen LogP contribution in [-0.2, 0) is 13.5 Å². The minimum absolute atomic E-state index is 0.432. The Bertz CT molecular complexity index is 633. The predicted octanol–water partition coefficient (Wildman–Crippen LogP) is 2.19. The zero-order valence-corrected chi connectivity index (χ0v) is 12.8. The molecule has 2 aromatic heterocycles. The number of hydrogen-bond donors (Lipinski definition) is 2. The van der Waals surface area contributed by atoms with Gasteiger partial charge >= 0.3 is 0 Å². The Morgan fingerprint density at radius 2 is 2.00 bits per heavy atom. The van der Waals surface area contributed by atoms with Crippen LogP contribution in [0.4, 0.5) is 5.82 Å². The first-order chi connectivity index (χ1) is 10.1. The zero-order valence-electron chi connectivity index (χ0n) is 12.8. The van der Waals surface area contributed by atoms with E-state index in [9.17, 15) is 0 Å². The van der Waals surface area contributed by atoms with Gasteiger partial charge in [-0.25, -0.2) is 9.66 Å². The molecule has 2 heterocycles. The molecule has 3 rings (SSSR count). The van der Waals surface area contributed by atoms with Crippen LogP contribution in [0.3, 0.4) is 0 Å². The van der Waals surface area contributed by atoms with Crippen molar-refractivity contribution >= 4 is 5.82 Å². The average molecular weight is 288 g/mol. The molecule has 0 radical (unpaired) electrons. The first-order valence-corrected chi connectivity index (χ1v) is 7.77. The molecule has 114 valence electrons. The van der Waals surface area contributed by atoms with Crippen LogP contribution in [0.5, 0.6) is 0 Å². The van der Waals surface area contributed by atoms with Gasteiger partial charge in [0, 0.05) is 24.7 Å². The molecule has 6 nitrogen and oxygen atoms in total. The van der Waals surface area contributed by atoms with E-state index in [-0.39, 0.29) is 0 Å². The second kappa shape index (κ2) is 5.42. The third kappa shape index (κ3) is 2.39. The molecule has 4 N–H and O–H groups in total. The van der Waals surface area contributed by atoms with E-state index in [1.807, 2.05) is 17.9 Å². The molecule has 0 unspecified atom stereocenters. The lowest BCUT2D eigenvalue weighted by Gasteiger charge is -2.20. The van der Waals surface area contributed by atoms with E-state index in [1.54, 1.807) is 4.68 Å². The molecule has 1 aliphatic carbocycles. The molecule has 0 spiro atoms.